The molecule has 0 aromatic heterocycles. The van der Waals surface area contributed by atoms with Crippen molar-refractivity contribution in [2.75, 3.05) is 7.05 Å². The summed E-state index contributed by atoms with van der Waals surface area (Å²) in [5, 5.41) is 2.93. The second kappa shape index (κ2) is 9.36. The monoisotopic (exact) mass is 366 g/mol. The average molecular weight is 367 g/mol. The minimum Gasteiger partial charge on any atom is -0.340 e. The molecule has 0 aliphatic carbocycles. The van der Waals surface area contributed by atoms with E-state index in [0.717, 1.165) is 17.5 Å². The summed E-state index contributed by atoms with van der Waals surface area (Å²) in [4.78, 5) is 27.3. The van der Waals surface area contributed by atoms with Gasteiger partial charge in [0.25, 0.3) is 5.91 Å². The van der Waals surface area contributed by atoms with Crippen LogP contribution in [0.3, 0.4) is 0 Å². The highest BCUT2D eigenvalue weighted by Gasteiger charge is 2.27. The summed E-state index contributed by atoms with van der Waals surface area (Å²) in [6.07, 6.45) is 0.995. The molecule has 2 rings (SSSR count). The van der Waals surface area contributed by atoms with E-state index in [9.17, 15) is 9.59 Å². The van der Waals surface area contributed by atoms with Crippen LogP contribution < -0.4 is 5.32 Å². The maximum absolute atomic E-state index is 13.0. The molecule has 0 spiro atoms. The van der Waals surface area contributed by atoms with Crippen molar-refractivity contribution in [1.29, 1.82) is 0 Å². The molecule has 2 amide bonds. The Morgan fingerprint density at radius 1 is 1.00 bits per heavy atom. The molecule has 27 heavy (non-hydrogen) atoms. The van der Waals surface area contributed by atoms with Gasteiger partial charge in [0.1, 0.15) is 6.04 Å². The van der Waals surface area contributed by atoms with Crippen molar-refractivity contribution in [3.8, 4) is 0 Å². The van der Waals surface area contributed by atoms with Crippen molar-refractivity contribution in [1.82, 2.24) is 10.2 Å². The van der Waals surface area contributed by atoms with E-state index in [0.29, 0.717) is 12.1 Å². The number of likely N-dealkylation sites (N-methyl/N-ethyl adjacent to an activating group) is 1. The maximum atomic E-state index is 13.0. The molecule has 2 aromatic carbocycles. The van der Waals surface area contributed by atoms with E-state index in [2.05, 4.69) is 36.5 Å². The molecule has 4 heteroatoms. The Hall–Kier alpha value is -2.62. The highest BCUT2D eigenvalue weighted by Crippen LogP contribution is 2.13. The molecule has 2 aromatic rings. The number of nitrogens with one attached hydrogen (secondary N) is 1. The van der Waals surface area contributed by atoms with E-state index < -0.39 is 6.04 Å². The first-order valence-electron chi connectivity index (χ1n) is 9.52. The largest absolute Gasteiger partial charge is 0.340 e. The predicted octanol–water partition coefficient (Wildman–Crippen LogP) is 3.97. The lowest BCUT2D eigenvalue weighted by atomic mass is 10.0. The second-order valence-electron chi connectivity index (χ2n) is 7.37. The zero-order chi connectivity index (χ0) is 20.0. The van der Waals surface area contributed by atoms with Crippen molar-refractivity contribution in [3.63, 3.8) is 0 Å². The van der Waals surface area contributed by atoms with Gasteiger partial charge in [-0.25, -0.2) is 0 Å². The standard InChI is InChI=1S/C23H30N2O2/c1-6-18-11-13-19(14-12-18)15-25(5)23(27)21(16(2)3)24-22(26)20-10-8-7-9-17(20)4/h7-14,16,21H,6,15H2,1-5H3,(H,24,26)/t21-/m0/s1. The number of aryl methyl sites for hydroxylation is 2. The molecule has 144 valence electrons. The first-order valence-corrected chi connectivity index (χ1v) is 9.52. The SMILES string of the molecule is CCc1ccc(CN(C)C(=O)[C@@H](NC(=O)c2ccccc2C)C(C)C)cc1. The van der Waals surface area contributed by atoms with Gasteiger partial charge in [-0.1, -0.05) is 63.2 Å². The first-order chi connectivity index (χ1) is 12.8. The Bertz CT molecular complexity index is 781. The number of rotatable bonds is 7. The summed E-state index contributed by atoms with van der Waals surface area (Å²) in [6.45, 7) is 8.43. The van der Waals surface area contributed by atoms with Crippen LogP contribution in [0.25, 0.3) is 0 Å². The van der Waals surface area contributed by atoms with Crippen LogP contribution in [0.2, 0.25) is 0 Å². The van der Waals surface area contributed by atoms with Gasteiger partial charge < -0.3 is 10.2 Å². The van der Waals surface area contributed by atoms with E-state index in [1.807, 2.05) is 39.0 Å². The summed E-state index contributed by atoms with van der Waals surface area (Å²) in [7, 11) is 1.78. The molecule has 0 bridgehead atoms. The van der Waals surface area contributed by atoms with Gasteiger partial charge in [0.2, 0.25) is 5.91 Å². The van der Waals surface area contributed by atoms with Crippen LogP contribution in [-0.2, 0) is 17.8 Å². The molecule has 1 atom stereocenters. The van der Waals surface area contributed by atoms with Crippen molar-refractivity contribution in [3.05, 3.63) is 70.8 Å². The van der Waals surface area contributed by atoms with Crippen LogP contribution in [0.1, 0.15) is 47.8 Å². The fraction of sp³-hybridized carbons (Fsp3) is 0.391. The minimum atomic E-state index is -0.558. The van der Waals surface area contributed by atoms with Crippen LogP contribution in [0.4, 0.5) is 0 Å². The van der Waals surface area contributed by atoms with Crippen LogP contribution in [-0.4, -0.2) is 29.8 Å². The van der Waals surface area contributed by atoms with Gasteiger partial charge in [0, 0.05) is 19.2 Å². The fourth-order valence-electron chi connectivity index (χ4n) is 3.03. The van der Waals surface area contributed by atoms with Gasteiger partial charge >= 0.3 is 0 Å². The molecule has 0 radical (unpaired) electrons. The highest BCUT2D eigenvalue weighted by atomic mass is 16.2. The summed E-state index contributed by atoms with van der Waals surface area (Å²) in [6, 6.07) is 15.1. The molecule has 0 aliphatic heterocycles. The Balaban J connectivity index is 2.09. The molecule has 0 saturated carbocycles. The molecule has 0 heterocycles. The van der Waals surface area contributed by atoms with Crippen LogP contribution in [0, 0.1) is 12.8 Å². The van der Waals surface area contributed by atoms with E-state index >= 15 is 0 Å². The van der Waals surface area contributed by atoms with E-state index in [-0.39, 0.29) is 17.7 Å². The number of amides is 2. The van der Waals surface area contributed by atoms with Crippen LogP contribution in [0.15, 0.2) is 48.5 Å². The zero-order valence-electron chi connectivity index (χ0n) is 17.0. The molecule has 0 fully saturated rings. The zero-order valence-corrected chi connectivity index (χ0v) is 17.0. The third kappa shape index (κ3) is 5.43. The number of carbonyl (C=O) groups excluding carboxylic acids is 2. The van der Waals surface area contributed by atoms with Crippen molar-refractivity contribution in [2.45, 2.75) is 46.7 Å². The molecule has 0 aliphatic rings. The Kier molecular flexibility index (Phi) is 7.17. The number of hydrogen-bond donors (Lipinski definition) is 1. The molecule has 0 unspecified atom stereocenters. The number of nitrogens with zero attached hydrogens (tertiary/aromatic N) is 1. The molecular weight excluding hydrogens is 336 g/mol. The third-order valence-corrected chi connectivity index (χ3v) is 4.84. The van der Waals surface area contributed by atoms with Gasteiger partial charge in [0.05, 0.1) is 0 Å². The molecule has 4 nitrogen and oxygen atoms in total. The molecular formula is C23H30N2O2. The second-order valence-corrected chi connectivity index (χ2v) is 7.37. The Labute approximate surface area is 162 Å². The number of carbonyl (C=O) groups is 2. The van der Waals surface area contributed by atoms with Crippen LogP contribution in [0.5, 0.6) is 0 Å². The minimum absolute atomic E-state index is 0.00427. The normalized spacial score (nSPS) is 11.9. The summed E-state index contributed by atoms with van der Waals surface area (Å²) >= 11 is 0. The molecule has 0 saturated heterocycles. The quantitative estimate of drug-likeness (QED) is 0.806. The first kappa shape index (κ1) is 20.7. The maximum Gasteiger partial charge on any atom is 0.252 e. The Morgan fingerprint density at radius 2 is 1.59 bits per heavy atom. The number of hydrogen-bond acceptors (Lipinski definition) is 2. The Morgan fingerprint density at radius 3 is 2.15 bits per heavy atom. The van der Waals surface area contributed by atoms with Gasteiger partial charge in [-0.15, -0.1) is 0 Å². The van der Waals surface area contributed by atoms with Gasteiger partial charge in [-0.3, -0.25) is 9.59 Å². The lowest BCUT2D eigenvalue weighted by molar-refractivity contribution is -0.133. The summed E-state index contributed by atoms with van der Waals surface area (Å²) in [5.74, 6) is -0.289. The van der Waals surface area contributed by atoms with E-state index in [1.54, 1.807) is 18.0 Å². The van der Waals surface area contributed by atoms with Crippen molar-refractivity contribution < 1.29 is 9.59 Å². The van der Waals surface area contributed by atoms with Crippen molar-refractivity contribution in [2.24, 2.45) is 5.92 Å². The van der Waals surface area contributed by atoms with Gasteiger partial charge in [-0.05, 0) is 42.0 Å². The smallest absolute Gasteiger partial charge is 0.252 e. The summed E-state index contributed by atoms with van der Waals surface area (Å²) < 4.78 is 0. The van der Waals surface area contributed by atoms with Gasteiger partial charge in [0.15, 0.2) is 0 Å². The average Bonchev–Trinajstić information content (AvgIpc) is 2.66. The lowest BCUT2D eigenvalue weighted by Crippen LogP contribution is -2.50. The van der Waals surface area contributed by atoms with Crippen LogP contribution >= 0.6 is 0 Å². The van der Waals surface area contributed by atoms with E-state index in [1.165, 1.54) is 5.56 Å². The number of benzene rings is 2. The van der Waals surface area contributed by atoms with Crippen molar-refractivity contribution >= 4 is 11.8 Å². The lowest BCUT2D eigenvalue weighted by Gasteiger charge is -2.27. The van der Waals surface area contributed by atoms with E-state index in [4.69, 9.17) is 0 Å². The topological polar surface area (TPSA) is 49.4 Å². The molecule has 1 N–H and O–H groups in total. The summed E-state index contributed by atoms with van der Waals surface area (Å²) in [5.41, 5.74) is 3.86. The predicted molar refractivity (Wildman–Crippen MR) is 110 cm³/mol. The third-order valence-electron chi connectivity index (χ3n) is 4.84. The highest BCUT2D eigenvalue weighted by molar-refractivity contribution is 5.98. The van der Waals surface area contributed by atoms with Gasteiger partial charge in [-0.2, -0.15) is 0 Å². The fourth-order valence-corrected chi connectivity index (χ4v) is 3.03.